The van der Waals surface area contributed by atoms with Gasteiger partial charge in [-0.1, -0.05) is 41.9 Å². The first-order chi connectivity index (χ1) is 14.4. The van der Waals surface area contributed by atoms with Crippen LogP contribution in [0.1, 0.15) is 22.3 Å². The largest absolute Gasteiger partial charge is 0.484 e. The van der Waals surface area contributed by atoms with Crippen molar-refractivity contribution in [3.8, 4) is 11.8 Å². The van der Waals surface area contributed by atoms with Crippen molar-refractivity contribution < 1.29 is 9.53 Å². The molecule has 0 bridgehead atoms. The molecule has 150 valence electrons. The molecule has 4 nitrogen and oxygen atoms in total. The van der Waals surface area contributed by atoms with Gasteiger partial charge in [-0.25, -0.2) is 0 Å². The van der Waals surface area contributed by atoms with Crippen LogP contribution < -0.4 is 10.1 Å². The van der Waals surface area contributed by atoms with E-state index in [9.17, 15) is 10.1 Å². The van der Waals surface area contributed by atoms with Gasteiger partial charge in [0.1, 0.15) is 5.75 Å². The van der Waals surface area contributed by atoms with Crippen LogP contribution in [0.3, 0.4) is 0 Å². The molecular formula is C25H21ClN2O2. The zero-order valence-corrected chi connectivity index (χ0v) is 17.5. The lowest BCUT2D eigenvalue weighted by molar-refractivity contribution is -0.118. The van der Waals surface area contributed by atoms with E-state index in [0.29, 0.717) is 16.3 Å². The number of nitriles is 1. The molecule has 3 aromatic rings. The van der Waals surface area contributed by atoms with Gasteiger partial charge >= 0.3 is 0 Å². The van der Waals surface area contributed by atoms with Crippen LogP contribution in [0, 0.1) is 25.2 Å². The van der Waals surface area contributed by atoms with Gasteiger partial charge in [0.2, 0.25) is 0 Å². The minimum Gasteiger partial charge on any atom is -0.484 e. The summed E-state index contributed by atoms with van der Waals surface area (Å²) in [4.78, 5) is 12.2. The quantitative estimate of drug-likeness (QED) is 0.393. The molecule has 0 saturated heterocycles. The Kier molecular flexibility index (Phi) is 6.90. The normalized spacial score (nSPS) is 10.9. The Labute approximate surface area is 181 Å². The third-order valence-electron chi connectivity index (χ3n) is 4.61. The fraction of sp³-hybridized carbons (Fsp3) is 0.120. The second-order valence-corrected chi connectivity index (χ2v) is 7.32. The number of carbonyl (C=O) groups excluding carboxylic acids is 1. The standard InChI is InChI=1S/C25H21ClN2O2/c1-17-6-11-23(12-18(17)2)28-25(29)16-30-24-5-3-4-19(14-24)13-21(15-27)20-7-9-22(26)10-8-20/h3-14H,16H2,1-2H3,(H,28,29). The number of halogens is 1. The molecule has 0 aliphatic carbocycles. The molecule has 0 atom stereocenters. The van der Waals surface area contributed by atoms with Gasteiger partial charge in [0.05, 0.1) is 11.6 Å². The summed E-state index contributed by atoms with van der Waals surface area (Å²) in [6, 6.07) is 22.3. The number of ether oxygens (including phenoxy) is 1. The molecule has 0 radical (unpaired) electrons. The molecule has 0 fully saturated rings. The Morgan fingerprint density at radius 3 is 2.53 bits per heavy atom. The molecule has 0 aliphatic rings. The highest BCUT2D eigenvalue weighted by atomic mass is 35.5. The molecule has 0 unspecified atom stereocenters. The Balaban J connectivity index is 1.66. The molecule has 0 saturated carbocycles. The first-order valence-electron chi connectivity index (χ1n) is 9.42. The van der Waals surface area contributed by atoms with E-state index in [1.54, 1.807) is 42.5 Å². The second-order valence-electron chi connectivity index (χ2n) is 6.89. The summed E-state index contributed by atoms with van der Waals surface area (Å²) in [6.07, 6.45) is 1.77. The first kappa shape index (κ1) is 21.2. The van der Waals surface area contributed by atoms with Crippen LogP contribution >= 0.6 is 11.6 Å². The third kappa shape index (κ3) is 5.73. The fourth-order valence-electron chi connectivity index (χ4n) is 2.84. The highest BCUT2D eigenvalue weighted by Gasteiger charge is 2.06. The van der Waals surface area contributed by atoms with Gasteiger partial charge in [0.25, 0.3) is 5.91 Å². The molecule has 0 aliphatic heterocycles. The van der Waals surface area contributed by atoms with E-state index in [2.05, 4.69) is 11.4 Å². The lowest BCUT2D eigenvalue weighted by Crippen LogP contribution is -2.20. The van der Waals surface area contributed by atoms with Crippen molar-refractivity contribution in [3.63, 3.8) is 0 Å². The molecule has 3 aromatic carbocycles. The molecule has 5 heteroatoms. The van der Waals surface area contributed by atoms with Gasteiger partial charge in [-0.15, -0.1) is 0 Å². The lowest BCUT2D eigenvalue weighted by atomic mass is 10.0. The summed E-state index contributed by atoms with van der Waals surface area (Å²) >= 11 is 5.91. The van der Waals surface area contributed by atoms with Crippen molar-refractivity contribution in [1.29, 1.82) is 5.26 Å². The number of amides is 1. The maximum absolute atomic E-state index is 12.2. The van der Waals surface area contributed by atoms with Gasteiger partial charge in [-0.05, 0) is 78.6 Å². The predicted octanol–water partition coefficient (Wildman–Crippen LogP) is 6.04. The number of benzene rings is 3. The smallest absolute Gasteiger partial charge is 0.262 e. The van der Waals surface area contributed by atoms with E-state index in [0.717, 1.165) is 22.4 Å². The van der Waals surface area contributed by atoms with E-state index in [-0.39, 0.29) is 12.5 Å². The van der Waals surface area contributed by atoms with Crippen molar-refractivity contribution in [1.82, 2.24) is 0 Å². The van der Waals surface area contributed by atoms with Crippen molar-refractivity contribution >= 4 is 34.8 Å². The van der Waals surface area contributed by atoms with E-state index in [4.69, 9.17) is 16.3 Å². The van der Waals surface area contributed by atoms with Gasteiger partial charge in [-0.2, -0.15) is 5.26 Å². The topological polar surface area (TPSA) is 62.1 Å². The molecular weight excluding hydrogens is 396 g/mol. The number of hydrogen-bond acceptors (Lipinski definition) is 3. The fourth-order valence-corrected chi connectivity index (χ4v) is 2.96. The van der Waals surface area contributed by atoms with Crippen LogP contribution in [0.4, 0.5) is 5.69 Å². The van der Waals surface area contributed by atoms with Crippen LogP contribution in [-0.4, -0.2) is 12.5 Å². The summed E-state index contributed by atoms with van der Waals surface area (Å²) in [5, 5.41) is 12.9. The summed E-state index contributed by atoms with van der Waals surface area (Å²) in [6.45, 7) is 3.92. The average Bonchev–Trinajstić information content (AvgIpc) is 2.74. The number of aryl methyl sites for hydroxylation is 2. The van der Waals surface area contributed by atoms with Gasteiger partial charge in [0.15, 0.2) is 6.61 Å². The number of allylic oxidation sites excluding steroid dienone is 1. The molecule has 3 rings (SSSR count). The Morgan fingerprint density at radius 2 is 1.83 bits per heavy atom. The van der Waals surface area contributed by atoms with Crippen molar-refractivity contribution in [2.45, 2.75) is 13.8 Å². The number of nitrogens with one attached hydrogen (secondary N) is 1. The van der Waals surface area contributed by atoms with E-state index < -0.39 is 0 Å². The number of carbonyl (C=O) groups is 1. The van der Waals surface area contributed by atoms with Crippen LogP contribution in [-0.2, 0) is 4.79 Å². The van der Waals surface area contributed by atoms with Crippen LogP contribution in [0.25, 0.3) is 11.6 Å². The van der Waals surface area contributed by atoms with E-state index in [1.807, 2.05) is 44.2 Å². The van der Waals surface area contributed by atoms with Gasteiger partial charge in [0, 0.05) is 10.7 Å². The predicted molar refractivity (Wildman–Crippen MR) is 121 cm³/mol. The summed E-state index contributed by atoms with van der Waals surface area (Å²) < 4.78 is 5.63. The minimum absolute atomic E-state index is 0.109. The Bertz CT molecular complexity index is 1130. The molecule has 30 heavy (non-hydrogen) atoms. The number of rotatable bonds is 6. The van der Waals surface area contributed by atoms with E-state index in [1.165, 1.54) is 5.56 Å². The average molecular weight is 417 g/mol. The molecule has 1 amide bonds. The van der Waals surface area contributed by atoms with Gasteiger partial charge in [-0.3, -0.25) is 4.79 Å². The van der Waals surface area contributed by atoms with Gasteiger partial charge < -0.3 is 10.1 Å². The summed E-state index contributed by atoms with van der Waals surface area (Å²) in [5.74, 6) is 0.311. The zero-order valence-electron chi connectivity index (χ0n) is 16.8. The lowest BCUT2D eigenvalue weighted by Gasteiger charge is -2.09. The highest BCUT2D eigenvalue weighted by Crippen LogP contribution is 2.22. The third-order valence-corrected chi connectivity index (χ3v) is 4.86. The van der Waals surface area contributed by atoms with Crippen molar-refractivity contribution in [3.05, 3.63) is 94.0 Å². The highest BCUT2D eigenvalue weighted by molar-refractivity contribution is 6.30. The minimum atomic E-state index is -0.238. The summed E-state index contributed by atoms with van der Waals surface area (Å²) in [7, 11) is 0. The van der Waals surface area contributed by atoms with Crippen LogP contribution in [0.15, 0.2) is 66.7 Å². The van der Waals surface area contributed by atoms with Crippen LogP contribution in [0.5, 0.6) is 5.75 Å². The number of nitrogens with zero attached hydrogens (tertiary/aromatic N) is 1. The van der Waals surface area contributed by atoms with Crippen molar-refractivity contribution in [2.75, 3.05) is 11.9 Å². The molecule has 1 N–H and O–H groups in total. The van der Waals surface area contributed by atoms with E-state index >= 15 is 0 Å². The summed E-state index contributed by atoms with van der Waals surface area (Å²) in [5.41, 5.74) is 5.11. The Hall–Kier alpha value is -3.55. The van der Waals surface area contributed by atoms with Crippen LogP contribution in [0.2, 0.25) is 5.02 Å². The zero-order chi connectivity index (χ0) is 21.5. The SMILES string of the molecule is Cc1ccc(NC(=O)COc2cccc(C=C(C#N)c3ccc(Cl)cc3)c2)cc1C. The maximum Gasteiger partial charge on any atom is 0.262 e. The molecule has 0 spiro atoms. The molecule has 0 aromatic heterocycles. The van der Waals surface area contributed by atoms with Crippen molar-refractivity contribution in [2.24, 2.45) is 0 Å². The Morgan fingerprint density at radius 1 is 1.07 bits per heavy atom. The molecule has 0 heterocycles. The second kappa shape index (κ2) is 9.78. The first-order valence-corrected chi connectivity index (χ1v) is 9.80. The monoisotopic (exact) mass is 416 g/mol. The maximum atomic E-state index is 12.2. The number of hydrogen-bond donors (Lipinski definition) is 1. The number of anilines is 1.